The Morgan fingerprint density at radius 2 is 2.00 bits per heavy atom. The highest BCUT2D eigenvalue weighted by atomic mass is 16.5. The summed E-state index contributed by atoms with van der Waals surface area (Å²) < 4.78 is 15.0. The Morgan fingerprint density at radius 1 is 1.32 bits per heavy atom. The topological polar surface area (TPSA) is 65.0 Å². The fraction of sp³-hybridized carbons (Fsp3) is 0.357. The van der Waals surface area contributed by atoms with Gasteiger partial charge in [0.1, 0.15) is 5.75 Å². The molecule has 0 aromatic heterocycles. The van der Waals surface area contributed by atoms with E-state index in [1.54, 1.807) is 26.0 Å². The van der Waals surface area contributed by atoms with Gasteiger partial charge in [-0.15, -0.1) is 0 Å². The van der Waals surface area contributed by atoms with Crippen molar-refractivity contribution >= 4 is 12.0 Å². The molecule has 5 heteroatoms. The Kier molecular flexibility index (Phi) is 5.23. The molecule has 0 atom stereocenters. The van der Waals surface area contributed by atoms with Gasteiger partial charge in [-0.2, -0.15) is 0 Å². The Morgan fingerprint density at radius 3 is 2.53 bits per heavy atom. The monoisotopic (exact) mass is 266 g/mol. The summed E-state index contributed by atoms with van der Waals surface area (Å²) in [7, 11) is 2.96. The Bertz CT molecular complexity index is 491. The third-order valence-corrected chi connectivity index (χ3v) is 2.50. The van der Waals surface area contributed by atoms with Crippen LogP contribution < -0.4 is 9.47 Å². The molecular formula is C14H18O5. The van der Waals surface area contributed by atoms with Crippen LogP contribution in [0.25, 0.3) is 6.08 Å². The minimum absolute atomic E-state index is 0.0491. The van der Waals surface area contributed by atoms with Crippen LogP contribution in [-0.4, -0.2) is 31.9 Å². The van der Waals surface area contributed by atoms with Crippen molar-refractivity contribution in [1.29, 1.82) is 0 Å². The normalized spacial score (nSPS) is 11.1. The second-order valence-electron chi connectivity index (χ2n) is 3.82. The quantitative estimate of drug-likeness (QED) is 0.654. The van der Waals surface area contributed by atoms with Gasteiger partial charge >= 0.3 is 5.97 Å². The lowest BCUT2D eigenvalue weighted by atomic mass is 10.1. The highest BCUT2D eigenvalue weighted by Crippen LogP contribution is 2.35. The van der Waals surface area contributed by atoms with Gasteiger partial charge in [0.05, 0.1) is 20.8 Å². The maximum atomic E-state index is 11.5. The summed E-state index contributed by atoms with van der Waals surface area (Å²) in [5.74, 6) is 0.329. The predicted molar refractivity (Wildman–Crippen MR) is 71.5 cm³/mol. The molecule has 19 heavy (non-hydrogen) atoms. The van der Waals surface area contributed by atoms with Gasteiger partial charge in [-0.3, -0.25) is 0 Å². The van der Waals surface area contributed by atoms with E-state index in [2.05, 4.69) is 0 Å². The fourth-order valence-corrected chi connectivity index (χ4v) is 1.52. The molecule has 1 aromatic carbocycles. The minimum atomic E-state index is -0.427. The zero-order valence-electron chi connectivity index (χ0n) is 11.5. The maximum Gasteiger partial charge on any atom is 0.333 e. The van der Waals surface area contributed by atoms with Gasteiger partial charge in [-0.1, -0.05) is 0 Å². The van der Waals surface area contributed by atoms with Crippen molar-refractivity contribution in [2.24, 2.45) is 0 Å². The first kappa shape index (κ1) is 14.9. The molecule has 1 rings (SSSR count). The number of phenolic OH excluding ortho intramolecular Hbond substituents is 1. The van der Waals surface area contributed by atoms with Gasteiger partial charge in [-0.25, -0.2) is 4.79 Å². The van der Waals surface area contributed by atoms with E-state index >= 15 is 0 Å². The molecule has 0 spiro atoms. The molecule has 0 bridgehead atoms. The third-order valence-electron chi connectivity index (χ3n) is 2.50. The molecule has 0 aliphatic heterocycles. The fourth-order valence-electron chi connectivity index (χ4n) is 1.52. The van der Waals surface area contributed by atoms with Crippen LogP contribution in [0.3, 0.4) is 0 Å². The third kappa shape index (κ3) is 3.64. The minimum Gasteiger partial charge on any atom is -0.504 e. The number of benzene rings is 1. The van der Waals surface area contributed by atoms with Crippen LogP contribution in [0.4, 0.5) is 0 Å². The summed E-state index contributed by atoms with van der Waals surface area (Å²) in [4.78, 5) is 11.5. The number of esters is 1. The second kappa shape index (κ2) is 6.68. The Balaban J connectivity index is 3.19. The number of rotatable bonds is 5. The zero-order chi connectivity index (χ0) is 14.4. The molecule has 104 valence electrons. The van der Waals surface area contributed by atoms with Crippen LogP contribution in [0.5, 0.6) is 17.2 Å². The summed E-state index contributed by atoms with van der Waals surface area (Å²) in [5, 5.41) is 9.99. The molecule has 1 aromatic rings. The molecule has 0 heterocycles. The van der Waals surface area contributed by atoms with Crippen molar-refractivity contribution < 1.29 is 24.1 Å². The molecule has 0 saturated heterocycles. The molecule has 0 aliphatic rings. The van der Waals surface area contributed by atoms with Crippen molar-refractivity contribution in [2.75, 3.05) is 20.8 Å². The number of hydrogen-bond donors (Lipinski definition) is 1. The van der Waals surface area contributed by atoms with Gasteiger partial charge in [-0.05, 0) is 26.0 Å². The van der Waals surface area contributed by atoms with E-state index in [4.69, 9.17) is 14.2 Å². The number of carbonyl (C=O) groups is 1. The average Bonchev–Trinajstić information content (AvgIpc) is 2.41. The van der Waals surface area contributed by atoms with Crippen LogP contribution in [0.1, 0.15) is 19.4 Å². The molecule has 0 unspecified atom stereocenters. The van der Waals surface area contributed by atoms with E-state index in [1.807, 2.05) is 0 Å². The average molecular weight is 266 g/mol. The number of carbonyl (C=O) groups excluding carboxylic acids is 1. The largest absolute Gasteiger partial charge is 0.504 e. The van der Waals surface area contributed by atoms with Crippen molar-refractivity contribution in [3.63, 3.8) is 0 Å². The van der Waals surface area contributed by atoms with Crippen LogP contribution in [0.2, 0.25) is 0 Å². The van der Waals surface area contributed by atoms with Crippen LogP contribution in [0, 0.1) is 0 Å². The molecular weight excluding hydrogens is 248 g/mol. The highest BCUT2D eigenvalue weighted by Gasteiger charge is 2.12. The Hall–Kier alpha value is -2.17. The van der Waals surface area contributed by atoms with Crippen LogP contribution in [-0.2, 0) is 9.53 Å². The molecule has 0 saturated carbocycles. The van der Waals surface area contributed by atoms with Gasteiger partial charge < -0.3 is 19.3 Å². The molecule has 0 fully saturated rings. The number of aromatic hydroxyl groups is 1. The van der Waals surface area contributed by atoms with Gasteiger partial charge in [0.2, 0.25) is 0 Å². The second-order valence-corrected chi connectivity index (χ2v) is 3.82. The van der Waals surface area contributed by atoms with Crippen molar-refractivity contribution in [3.8, 4) is 17.2 Å². The van der Waals surface area contributed by atoms with Crippen molar-refractivity contribution in [2.45, 2.75) is 13.8 Å². The van der Waals surface area contributed by atoms with Crippen molar-refractivity contribution in [3.05, 3.63) is 23.3 Å². The number of methoxy groups -OCH3 is 2. The van der Waals surface area contributed by atoms with E-state index < -0.39 is 5.97 Å². The highest BCUT2D eigenvalue weighted by molar-refractivity contribution is 5.93. The lowest BCUT2D eigenvalue weighted by Gasteiger charge is -2.10. The smallest absolute Gasteiger partial charge is 0.333 e. The standard InChI is InChI=1S/C14H18O5/c1-5-19-14(16)9(2)6-10-7-11(17-3)8-12(18-4)13(10)15/h6-8,15H,5H2,1-4H3/b9-6+. The van der Waals surface area contributed by atoms with Gasteiger partial charge in [0.15, 0.2) is 11.5 Å². The zero-order valence-corrected chi connectivity index (χ0v) is 11.5. The number of phenols is 1. The summed E-state index contributed by atoms with van der Waals surface area (Å²) in [6, 6.07) is 3.17. The molecule has 0 aliphatic carbocycles. The Labute approximate surface area is 112 Å². The molecule has 1 N–H and O–H groups in total. The van der Waals surface area contributed by atoms with Crippen molar-refractivity contribution in [1.82, 2.24) is 0 Å². The van der Waals surface area contributed by atoms with Crippen LogP contribution >= 0.6 is 0 Å². The molecule has 5 nitrogen and oxygen atoms in total. The first-order valence-electron chi connectivity index (χ1n) is 5.83. The van der Waals surface area contributed by atoms with E-state index in [1.165, 1.54) is 20.3 Å². The number of ether oxygens (including phenoxy) is 3. The van der Waals surface area contributed by atoms with Crippen LogP contribution in [0.15, 0.2) is 17.7 Å². The SMILES string of the molecule is CCOC(=O)/C(C)=C/c1cc(OC)cc(OC)c1O. The first-order valence-corrected chi connectivity index (χ1v) is 5.83. The van der Waals surface area contributed by atoms with Gasteiger partial charge in [0, 0.05) is 17.2 Å². The molecule has 0 radical (unpaired) electrons. The maximum absolute atomic E-state index is 11.5. The van der Waals surface area contributed by atoms with Gasteiger partial charge in [0.25, 0.3) is 0 Å². The summed E-state index contributed by atoms with van der Waals surface area (Å²) >= 11 is 0. The first-order chi connectivity index (χ1) is 9.03. The summed E-state index contributed by atoms with van der Waals surface area (Å²) in [6.07, 6.45) is 1.53. The summed E-state index contributed by atoms with van der Waals surface area (Å²) in [5.41, 5.74) is 0.814. The van der Waals surface area contributed by atoms with E-state index in [0.29, 0.717) is 23.5 Å². The lowest BCUT2D eigenvalue weighted by molar-refractivity contribution is -0.138. The van der Waals surface area contributed by atoms with E-state index in [0.717, 1.165) is 0 Å². The number of hydrogen-bond acceptors (Lipinski definition) is 5. The van der Waals surface area contributed by atoms with E-state index in [9.17, 15) is 9.90 Å². The summed E-state index contributed by atoms with van der Waals surface area (Å²) in [6.45, 7) is 3.65. The lowest BCUT2D eigenvalue weighted by Crippen LogP contribution is -2.04. The predicted octanol–water partition coefficient (Wildman–Crippen LogP) is 2.38. The molecule has 0 amide bonds. The van der Waals surface area contributed by atoms with E-state index in [-0.39, 0.29) is 11.5 Å².